The van der Waals surface area contributed by atoms with E-state index in [0.29, 0.717) is 6.42 Å². The van der Waals surface area contributed by atoms with Crippen LogP contribution in [0.1, 0.15) is 78.1 Å². The van der Waals surface area contributed by atoms with Gasteiger partial charge in [0.2, 0.25) is 0 Å². The predicted molar refractivity (Wildman–Crippen MR) is 103 cm³/mol. The van der Waals surface area contributed by atoms with E-state index in [1.54, 1.807) is 0 Å². The SMILES string of the molecule is CCCCCCCCCCN1C=CN(C)C1.CCCCOS(=O)(=O)O. The number of rotatable bonds is 13. The summed E-state index contributed by atoms with van der Waals surface area (Å²) in [5.74, 6) is 0. The van der Waals surface area contributed by atoms with Gasteiger partial charge in [0.1, 0.15) is 0 Å². The standard InChI is InChI=1S/C14H28N2.C4H10O4S/c1-3-4-5-6-7-8-9-10-11-16-13-12-15(2)14-16;1-2-3-4-8-9(5,6)7/h12-13H,3-11,14H2,1-2H3;2-4H2,1H3,(H,5,6,7). The lowest BCUT2D eigenvalue weighted by atomic mass is 10.1. The molecule has 1 aliphatic rings. The maximum absolute atomic E-state index is 9.84. The van der Waals surface area contributed by atoms with Crippen LogP contribution in [0.2, 0.25) is 0 Å². The molecule has 0 saturated heterocycles. The summed E-state index contributed by atoms with van der Waals surface area (Å²) in [6, 6.07) is 0. The van der Waals surface area contributed by atoms with Crippen molar-refractivity contribution in [3.63, 3.8) is 0 Å². The zero-order chi connectivity index (χ0) is 19.0. The number of hydrogen-bond acceptors (Lipinski definition) is 5. The minimum absolute atomic E-state index is 0.0648. The fourth-order valence-electron chi connectivity index (χ4n) is 2.49. The van der Waals surface area contributed by atoms with Crippen LogP contribution in [-0.4, -0.2) is 49.6 Å². The molecule has 0 aromatic carbocycles. The monoisotopic (exact) mass is 378 g/mol. The van der Waals surface area contributed by atoms with Crippen molar-refractivity contribution in [3.05, 3.63) is 12.4 Å². The zero-order valence-corrected chi connectivity index (χ0v) is 17.1. The van der Waals surface area contributed by atoms with Gasteiger partial charge < -0.3 is 9.80 Å². The maximum Gasteiger partial charge on any atom is 0.397 e. The molecule has 25 heavy (non-hydrogen) atoms. The molecular formula is C18H38N2O4S. The van der Waals surface area contributed by atoms with Crippen molar-refractivity contribution in [2.45, 2.75) is 78.1 Å². The highest BCUT2D eigenvalue weighted by Crippen LogP contribution is 2.10. The van der Waals surface area contributed by atoms with Crippen molar-refractivity contribution in [1.82, 2.24) is 9.80 Å². The Kier molecular flexibility index (Phi) is 15.0. The summed E-state index contributed by atoms with van der Waals surface area (Å²) < 4.78 is 31.7. The van der Waals surface area contributed by atoms with Gasteiger partial charge in [0, 0.05) is 26.0 Å². The Morgan fingerprint density at radius 2 is 1.48 bits per heavy atom. The van der Waals surface area contributed by atoms with Crippen LogP contribution in [0.5, 0.6) is 0 Å². The molecule has 1 N–H and O–H groups in total. The first-order chi connectivity index (χ1) is 11.9. The van der Waals surface area contributed by atoms with Crippen LogP contribution < -0.4 is 0 Å². The lowest BCUT2D eigenvalue weighted by Crippen LogP contribution is -2.23. The third kappa shape index (κ3) is 17.8. The fourth-order valence-corrected chi connectivity index (χ4v) is 2.82. The van der Waals surface area contributed by atoms with Gasteiger partial charge in [-0.3, -0.25) is 4.55 Å². The van der Waals surface area contributed by atoms with Gasteiger partial charge >= 0.3 is 10.4 Å². The van der Waals surface area contributed by atoms with E-state index in [2.05, 4.69) is 40.4 Å². The average Bonchev–Trinajstić information content (AvgIpc) is 2.95. The normalized spacial score (nSPS) is 13.9. The molecule has 0 spiro atoms. The first-order valence-corrected chi connectivity index (χ1v) is 11.0. The van der Waals surface area contributed by atoms with E-state index in [-0.39, 0.29) is 6.61 Å². The summed E-state index contributed by atoms with van der Waals surface area (Å²) in [5, 5.41) is 0. The zero-order valence-electron chi connectivity index (χ0n) is 16.3. The van der Waals surface area contributed by atoms with Gasteiger partial charge in [0.15, 0.2) is 0 Å². The third-order valence-electron chi connectivity index (χ3n) is 3.97. The van der Waals surface area contributed by atoms with Crippen LogP contribution in [0.3, 0.4) is 0 Å². The molecule has 1 aliphatic heterocycles. The number of nitrogens with zero attached hydrogens (tertiary/aromatic N) is 2. The summed E-state index contributed by atoms with van der Waals surface area (Å²) in [5.41, 5.74) is 0. The Hall–Kier alpha value is -0.790. The van der Waals surface area contributed by atoms with Gasteiger partial charge in [-0.05, 0) is 12.8 Å². The Labute approximate surface area is 155 Å². The van der Waals surface area contributed by atoms with Crippen molar-refractivity contribution in [2.24, 2.45) is 0 Å². The van der Waals surface area contributed by atoms with Crippen LogP contribution in [-0.2, 0) is 14.6 Å². The topological polar surface area (TPSA) is 70.1 Å². The fraction of sp³-hybridized carbons (Fsp3) is 0.889. The number of hydrogen-bond donors (Lipinski definition) is 1. The number of unbranched alkanes of at least 4 members (excludes halogenated alkanes) is 8. The largest absolute Gasteiger partial charge is 0.397 e. The summed E-state index contributed by atoms with van der Waals surface area (Å²) in [6.45, 7) is 6.55. The lowest BCUT2D eigenvalue weighted by Gasteiger charge is -2.17. The molecule has 0 unspecified atom stereocenters. The molecule has 6 nitrogen and oxygen atoms in total. The quantitative estimate of drug-likeness (QED) is 0.378. The molecule has 0 radical (unpaired) electrons. The second-order valence-electron chi connectivity index (χ2n) is 6.59. The van der Waals surface area contributed by atoms with Crippen LogP contribution in [0.25, 0.3) is 0 Å². The van der Waals surface area contributed by atoms with Crippen LogP contribution >= 0.6 is 0 Å². The first-order valence-electron chi connectivity index (χ1n) is 9.63. The molecule has 150 valence electrons. The van der Waals surface area contributed by atoms with Crippen molar-refractivity contribution >= 4 is 10.4 Å². The van der Waals surface area contributed by atoms with Crippen molar-refractivity contribution < 1.29 is 17.2 Å². The van der Waals surface area contributed by atoms with E-state index in [1.165, 1.54) is 57.9 Å². The second-order valence-corrected chi connectivity index (χ2v) is 7.68. The molecule has 0 atom stereocenters. The molecule has 1 rings (SSSR count). The molecule has 0 aliphatic carbocycles. The molecule has 0 bridgehead atoms. The summed E-state index contributed by atoms with van der Waals surface area (Å²) in [4.78, 5) is 4.63. The highest BCUT2D eigenvalue weighted by atomic mass is 32.3. The van der Waals surface area contributed by atoms with Crippen LogP contribution in [0.15, 0.2) is 12.4 Å². The van der Waals surface area contributed by atoms with Crippen molar-refractivity contribution in [3.8, 4) is 0 Å². The van der Waals surface area contributed by atoms with Gasteiger partial charge in [-0.2, -0.15) is 8.42 Å². The molecule has 0 aromatic heterocycles. The minimum Gasteiger partial charge on any atom is -0.362 e. The maximum atomic E-state index is 9.84. The average molecular weight is 379 g/mol. The summed E-state index contributed by atoms with van der Waals surface area (Å²) in [6.07, 6.45) is 17.1. The Balaban J connectivity index is 0.000000547. The van der Waals surface area contributed by atoms with Gasteiger partial charge in [0.05, 0.1) is 13.3 Å². The first kappa shape index (κ1) is 24.2. The second kappa shape index (κ2) is 15.5. The van der Waals surface area contributed by atoms with E-state index in [9.17, 15) is 8.42 Å². The van der Waals surface area contributed by atoms with Crippen molar-refractivity contribution in [1.29, 1.82) is 0 Å². The van der Waals surface area contributed by atoms with E-state index < -0.39 is 10.4 Å². The van der Waals surface area contributed by atoms with Crippen LogP contribution in [0, 0.1) is 0 Å². The Bertz CT molecular complexity index is 427. The van der Waals surface area contributed by atoms with E-state index >= 15 is 0 Å². The van der Waals surface area contributed by atoms with Gasteiger partial charge in [-0.1, -0.05) is 65.2 Å². The predicted octanol–water partition coefficient (Wildman–Crippen LogP) is 4.41. The minimum atomic E-state index is -4.20. The highest BCUT2D eigenvalue weighted by Gasteiger charge is 2.06. The van der Waals surface area contributed by atoms with Gasteiger partial charge in [0.25, 0.3) is 0 Å². The Morgan fingerprint density at radius 3 is 1.96 bits per heavy atom. The van der Waals surface area contributed by atoms with Gasteiger partial charge in [-0.15, -0.1) is 0 Å². The summed E-state index contributed by atoms with van der Waals surface area (Å²) in [7, 11) is -2.07. The van der Waals surface area contributed by atoms with E-state index in [1.807, 2.05) is 6.92 Å². The van der Waals surface area contributed by atoms with E-state index in [4.69, 9.17) is 4.55 Å². The highest BCUT2D eigenvalue weighted by molar-refractivity contribution is 7.80. The molecule has 1 heterocycles. The van der Waals surface area contributed by atoms with E-state index in [0.717, 1.165) is 13.1 Å². The molecule has 0 aromatic rings. The molecule has 0 fully saturated rings. The molecule has 0 saturated carbocycles. The Morgan fingerprint density at radius 1 is 0.920 bits per heavy atom. The summed E-state index contributed by atoms with van der Waals surface area (Å²) >= 11 is 0. The molecule has 0 amide bonds. The van der Waals surface area contributed by atoms with Crippen LogP contribution in [0.4, 0.5) is 0 Å². The third-order valence-corrected chi connectivity index (χ3v) is 4.43. The van der Waals surface area contributed by atoms with Crippen molar-refractivity contribution in [2.75, 3.05) is 26.9 Å². The molecular weight excluding hydrogens is 340 g/mol. The smallest absolute Gasteiger partial charge is 0.362 e. The van der Waals surface area contributed by atoms with Gasteiger partial charge in [-0.25, -0.2) is 4.18 Å². The molecule has 7 heteroatoms. The lowest BCUT2D eigenvalue weighted by molar-refractivity contribution is 0.264.